The zero-order chi connectivity index (χ0) is 18.5. The normalized spacial score (nSPS) is 20.8. The zero-order valence-corrected chi connectivity index (χ0v) is 15.6. The number of piperidine rings is 1. The van der Waals surface area contributed by atoms with Gasteiger partial charge in [0.25, 0.3) is 11.8 Å². The standard InChI is InChI=1S/C20H28N2O4/c1-14-5-3-6-17(15(14)2)26-13-19(23)21-16-8-10-22(11-9-16)20(24)18-7-4-12-25-18/h3,5-6,16,18H,4,7-13H2,1-2H3,(H,21,23). The van der Waals surface area contributed by atoms with E-state index >= 15 is 0 Å². The summed E-state index contributed by atoms with van der Waals surface area (Å²) in [5, 5.41) is 3.02. The van der Waals surface area contributed by atoms with Gasteiger partial charge in [-0.2, -0.15) is 0 Å². The van der Waals surface area contributed by atoms with Crippen LogP contribution in [0.15, 0.2) is 18.2 Å². The number of benzene rings is 1. The summed E-state index contributed by atoms with van der Waals surface area (Å²) in [4.78, 5) is 26.4. The number of hydrogen-bond acceptors (Lipinski definition) is 4. The zero-order valence-electron chi connectivity index (χ0n) is 15.6. The van der Waals surface area contributed by atoms with Gasteiger partial charge in [-0.1, -0.05) is 12.1 Å². The molecule has 2 fully saturated rings. The third kappa shape index (κ3) is 4.55. The van der Waals surface area contributed by atoms with Gasteiger partial charge in [0, 0.05) is 25.7 Å². The van der Waals surface area contributed by atoms with Gasteiger partial charge in [0.05, 0.1) is 0 Å². The van der Waals surface area contributed by atoms with Crippen molar-refractivity contribution < 1.29 is 19.1 Å². The Morgan fingerprint density at radius 2 is 2.00 bits per heavy atom. The fourth-order valence-electron chi connectivity index (χ4n) is 3.51. The minimum absolute atomic E-state index is 0.0132. The van der Waals surface area contributed by atoms with Crippen LogP contribution in [0.2, 0.25) is 0 Å². The van der Waals surface area contributed by atoms with Crippen LogP contribution in [0.1, 0.15) is 36.8 Å². The third-order valence-electron chi connectivity index (χ3n) is 5.29. The highest BCUT2D eigenvalue weighted by Gasteiger charge is 2.31. The second-order valence-electron chi connectivity index (χ2n) is 7.16. The lowest BCUT2D eigenvalue weighted by Gasteiger charge is -2.33. The lowest BCUT2D eigenvalue weighted by molar-refractivity contribution is -0.142. The van der Waals surface area contributed by atoms with Crippen LogP contribution in [-0.4, -0.2) is 55.2 Å². The number of hydrogen-bond donors (Lipinski definition) is 1. The van der Waals surface area contributed by atoms with E-state index < -0.39 is 0 Å². The van der Waals surface area contributed by atoms with E-state index in [0.717, 1.165) is 42.6 Å². The van der Waals surface area contributed by atoms with Gasteiger partial charge < -0.3 is 19.7 Å². The van der Waals surface area contributed by atoms with E-state index in [4.69, 9.17) is 9.47 Å². The second-order valence-corrected chi connectivity index (χ2v) is 7.16. The first-order valence-electron chi connectivity index (χ1n) is 9.43. The van der Waals surface area contributed by atoms with Crippen LogP contribution >= 0.6 is 0 Å². The molecule has 0 bridgehead atoms. The molecule has 0 radical (unpaired) electrons. The van der Waals surface area contributed by atoms with Crippen molar-refractivity contribution in [2.75, 3.05) is 26.3 Å². The molecule has 2 amide bonds. The second kappa shape index (κ2) is 8.54. The predicted molar refractivity (Wildman–Crippen MR) is 98.1 cm³/mol. The fourth-order valence-corrected chi connectivity index (χ4v) is 3.51. The molecule has 1 unspecified atom stereocenters. The third-order valence-corrected chi connectivity index (χ3v) is 5.29. The van der Waals surface area contributed by atoms with Crippen molar-refractivity contribution in [1.29, 1.82) is 0 Å². The van der Waals surface area contributed by atoms with Gasteiger partial charge in [-0.25, -0.2) is 0 Å². The number of carbonyl (C=O) groups excluding carboxylic acids is 2. The van der Waals surface area contributed by atoms with Crippen molar-refractivity contribution >= 4 is 11.8 Å². The number of likely N-dealkylation sites (tertiary alicyclic amines) is 1. The maximum atomic E-state index is 12.3. The van der Waals surface area contributed by atoms with E-state index in [1.807, 2.05) is 36.9 Å². The number of nitrogens with zero attached hydrogens (tertiary/aromatic N) is 1. The number of ether oxygens (including phenoxy) is 2. The van der Waals surface area contributed by atoms with Crippen molar-refractivity contribution in [2.24, 2.45) is 0 Å². The van der Waals surface area contributed by atoms with E-state index in [1.54, 1.807) is 0 Å². The van der Waals surface area contributed by atoms with Gasteiger partial charge >= 0.3 is 0 Å². The Morgan fingerprint density at radius 1 is 1.23 bits per heavy atom. The quantitative estimate of drug-likeness (QED) is 0.872. The summed E-state index contributed by atoms with van der Waals surface area (Å²) in [7, 11) is 0. The van der Waals surface area contributed by atoms with Crippen LogP contribution in [0.25, 0.3) is 0 Å². The Hall–Kier alpha value is -2.08. The first-order chi connectivity index (χ1) is 12.5. The van der Waals surface area contributed by atoms with Crippen molar-refractivity contribution in [3.8, 4) is 5.75 Å². The predicted octanol–water partition coefficient (Wildman–Crippen LogP) is 1.97. The molecule has 0 aliphatic carbocycles. The monoisotopic (exact) mass is 360 g/mol. The smallest absolute Gasteiger partial charge is 0.258 e. The van der Waals surface area contributed by atoms with E-state index in [1.165, 1.54) is 0 Å². The molecule has 2 saturated heterocycles. The molecule has 2 aliphatic heterocycles. The van der Waals surface area contributed by atoms with E-state index in [9.17, 15) is 9.59 Å². The lowest BCUT2D eigenvalue weighted by atomic mass is 10.0. The molecular weight excluding hydrogens is 332 g/mol. The molecule has 1 atom stereocenters. The van der Waals surface area contributed by atoms with Gasteiger partial charge in [0.15, 0.2) is 6.61 Å². The molecule has 0 aromatic heterocycles. The van der Waals surface area contributed by atoms with E-state index in [-0.39, 0.29) is 30.6 Å². The lowest BCUT2D eigenvalue weighted by Crippen LogP contribution is -2.49. The van der Waals surface area contributed by atoms with Crippen molar-refractivity contribution in [3.63, 3.8) is 0 Å². The summed E-state index contributed by atoms with van der Waals surface area (Å²) < 4.78 is 11.1. The number of carbonyl (C=O) groups is 2. The van der Waals surface area contributed by atoms with Crippen LogP contribution in [0.3, 0.4) is 0 Å². The molecule has 2 aliphatic rings. The van der Waals surface area contributed by atoms with Crippen LogP contribution < -0.4 is 10.1 Å². The van der Waals surface area contributed by atoms with Crippen molar-refractivity contribution in [2.45, 2.75) is 51.7 Å². The number of amides is 2. The minimum Gasteiger partial charge on any atom is -0.483 e. The van der Waals surface area contributed by atoms with Crippen molar-refractivity contribution in [1.82, 2.24) is 10.2 Å². The average Bonchev–Trinajstić information content (AvgIpc) is 3.18. The Bertz CT molecular complexity index is 647. The SMILES string of the molecule is Cc1cccc(OCC(=O)NC2CCN(C(=O)C3CCCO3)CC2)c1C. The largest absolute Gasteiger partial charge is 0.483 e. The molecule has 6 nitrogen and oxygen atoms in total. The van der Waals surface area contributed by atoms with Gasteiger partial charge in [-0.15, -0.1) is 0 Å². The van der Waals surface area contributed by atoms with E-state index in [2.05, 4.69) is 5.32 Å². The van der Waals surface area contributed by atoms with Gasteiger partial charge in [0.1, 0.15) is 11.9 Å². The maximum Gasteiger partial charge on any atom is 0.258 e. The molecule has 0 spiro atoms. The molecular formula is C20H28N2O4. The van der Waals surface area contributed by atoms with Gasteiger partial charge in [-0.3, -0.25) is 9.59 Å². The van der Waals surface area contributed by atoms with Crippen LogP contribution in [0.4, 0.5) is 0 Å². The summed E-state index contributed by atoms with van der Waals surface area (Å²) in [6, 6.07) is 5.92. The number of nitrogens with one attached hydrogen (secondary N) is 1. The Morgan fingerprint density at radius 3 is 2.69 bits per heavy atom. The number of rotatable bonds is 5. The summed E-state index contributed by atoms with van der Waals surface area (Å²) in [5.74, 6) is 0.734. The van der Waals surface area contributed by atoms with Gasteiger partial charge in [-0.05, 0) is 56.7 Å². The molecule has 3 rings (SSSR count). The summed E-state index contributed by atoms with van der Waals surface area (Å²) in [6.07, 6.45) is 3.07. The topological polar surface area (TPSA) is 67.9 Å². The molecule has 6 heteroatoms. The molecule has 1 aromatic rings. The summed E-state index contributed by atoms with van der Waals surface area (Å²) in [5.41, 5.74) is 2.20. The molecule has 0 saturated carbocycles. The highest BCUT2D eigenvalue weighted by Crippen LogP contribution is 2.21. The molecule has 142 valence electrons. The summed E-state index contributed by atoms with van der Waals surface area (Å²) in [6.45, 7) is 6.04. The first-order valence-corrected chi connectivity index (χ1v) is 9.43. The van der Waals surface area contributed by atoms with E-state index in [0.29, 0.717) is 19.7 Å². The molecule has 26 heavy (non-hydrogen) atoms. The maximum absolute atomic E-state index is 12.3. The Kier molecular flexibility index (Phi) is 6.14. The average molecular weight is 360 g/mol. The van der Waals surface area contributed by atoms with Gasteiger partial charge in [0.2, 0.25) is 0 Å². The summed E-state index contributed by atoms with van der Waals surface area (Å²) >= 11 is 0. The highest BCUT2D eigenvalue weighted by atomic mass is 16.5. The fraction of sp³-hybridized carbons (Fsp3) is 0.600. The Balaban J connectivity index is 1.40. The molecule has 1 N–H and O–H groups in total. The number of aryl methyl sites for hydroxylation is 1. The highest BCUT2D eigenvalue weighted by molar-refractivity contribution is 5.81. The van der Waals surface area contributed by atoms with Crippen LogP contribution in [-0.2, 0) is 14.3 Å². The molecule has 1 aromatic carbocycles. The van der Waals surface area contributed by atoms with Crippen LogP contribution in [0.5, 0.6) is 5.75 Å². The van der Waals surface area contributed by atoms with Crippen LogP contribution in [0, 0.1) is 13.8 Å². The Labute approximate surface area is 154 Å². The van der Waals surface area contributed by atoms with Crippen molar-refractivity contribution in [3.05, 3.63) is 29.3 Å². The first kappa shape index (κ1) is 18.7. The molecule has 2 heterocycles. The minimum atomic E-state index is -0.257.